The molecule has 0 radical (unpaired) electrons. The van der Waals surface area contributed by atoms with Crippen molar-refractivity contribution in [2.45, 2.75) is 59.0 Å². The summed E-state index contributed by atoms with van der Waals surface area (Å²) in [7, 11) is 0. The van der Waals surface area contributed by atoms with Crippen LogP contribution in [0.25, 0.3) is 0 Å². The summed E-state index contributed by atoms with van der Waals surface area (Å²) in [5.41, 5.74) is 2.37. The van der Waals surface area contributed by atoms with Crippen LogP contribution in [0.3, 0.4) is 0 Å². The van der Waals surface area contributed by atoms with E-state index in [4.69, 9.17) is 9.15 Å². The first-order valence-electron chi connectivity index (χ1n) is 8.89. The molecule has 2 fully saturated rings. The van der Waals surface area contributed by atoms with E-state index >= 15 is 0 Å². The Hall–Kier alpha value is -1.51. The van der Waals surface area contributed by atoms with Crippen molar-refractivity contribution in [3.8, 4) is 0 Å². The van der Waals surface area contributed by atoms with Gasteiger partial charge in [-0.2, -0.15) is 0 Å². The van der Waals surface area contributed by atoms with Crippen LogP contribution in [0.15, 0.2) is 34.7 Å². The van der Waals surface area contributed by atoms with E-state index in [0.29, 0.717) is 11.8 Å². The molecular formula is C20H26O3. The molecule has 5 atom stereocenters. The number of carbonyl (C=O) groups excluding carboxylic acids is 1. The fourth-order valence-corrected chi connectivity index (χ4v) is 5.63. The molecule has 1 aromatic rings. The van der Waals surface area contributed by atoms with E-state index in [1.165, 1.54) is 12.0 Å². The Kier molecular flexibility index (Phi) is 3.26. The Bertz CT molecular complexity index is 644. The predicted octanol–water partition coefficient (Wildman–Crippen LogP) is 4.53. The van der Waals surface area contributed by atoms with E-state index in [0.717, 1.165) is 31.3 Å². The summed E-state index contributed by atoms with van der Waals surface area (Å²) in [5.74, 6) is 1.01. The zero-order valence-corrected chi connectivity index (χ0v) is 14.3. The fourth-order valence-electron chi connectivity index (χ4n) is 5.63. The monoisotopic (exact) mass is 314 g/mol. The van der Waals surface area contributed by atoms with Gasteiger partial charge in [0.25, 0.3) is 0 Å². The highest BCUT2D eigenvalue weighted by Gasteiger charge is 2.64. The van der Waals surface area contributed by atoms with Crippen molar-refractivity contribution in [1.29, 1.82) is 0 Å². The third kappa shape index (κ3) is 1.98. The highest BCUT2D eigenvalue weighted by atomic mass is 16.6. The molecule has 0 N–H and O–H groups in total. The quantitative estimate of drug-likeness (QED) is 0.770. The zero-order chi connectivity index (χ0) is 16.2. The van der Waals surface area contributed by atoms with Gasteiger partial charge in [-0.3, -0.25) is 0 Å². The van der Waals surface area contributed by atoms with Gasteiger partial charge >= 0.3 is 5.97 Å². The molecule has 2 aliphatic carbocycles. The number of allylic oxidation sites excluding steroid dienone is 1. The summed E-state index contributed by atoms with van der Waals surface area (Å²) in [6.07, 6.45) is 11.2. The number of aryl methyl sites for hydroxylation is 1. The summed E-state index contributed by atoms with van der Waals surface area (Å²) < 4.78 is 11.0. The molecule has 3 nitrogen and oxygen atoms in total. The minimum Gasteiger partial charge on any atom is -0.472 e. The summed E-state index contributed by atoms with van der Waals surface area (Å²) in [6, 6.07) is 2.07. The predicted molar refractivity (Wildman–Crippen MR) is 87.7 cm³/mol. The lowest BCUT2D eigenvalue weighted by Gasteiger charge is -2.57. The molecule has 1 saturated carbocycles. The Balaban J connectivity index is 1.68. The summed E-state index contributed by atoms with van der Waals surface area (Å²) in [4.78, 5) is 12.3. The van der Waals surface area contributed by atoms with E-state index in [9.17, 15) is 4.79 Å². The molecule has 0 unspecified atom stereocenters. The molecule has 0 amide bonds. The standard InChI is InChI=1S/C20H26O3/c1-13-11-17-20(3)15(18(21)23-17)5-4-6-16(20)19(13,2)9-7-14-8-10-22-12-14/h5,8,10,12-13,16-17H,4,6-7,9,11H2,1-3H3/t13-,16-,17-,19+,20-/m1/s1. The number of rotatable bonds is 3. The molecule has 1 saturated heterocycles. The van der Waals surface area contributed by atoms with Gasteiger partial charge in [0, 0.05) is 11.0 Å². The lowest BCUT2D eigenvalue weighted by atomic mass is 9.46. The Labute approximate surface area is 138 Å². The van der Waals surface area contributed by atoms with Gasteiger partial charge in [-0.15, -0.1) is 0 Å². The number of hydrogen-bond donors (Lipinski definition) is 0. The Morgan fingerprint density at radius 3 is 2.91 bits per heavy atom. The molecule has 124 valence electrons. The second-order valence-corrected chi connectivity index (χ2v) is 8.20. The van der Waals surface area contributed by atoms with Crippen molar-refractivity contribution in [2.24, 2.45) is 22.7 Å². The van der Waals surface area contributed by atoms with Crippen molar-refractivity contribution in [3.63, 3.8) is 0 Å². The second-order valence-electron chi connectivity index (χ2n) is 8.20. The molecule has 23 heavy (non-hydrogen) atoms. The van der Waals surface area contributed by atoms with Gasteiger partial charge < -0.3 is 9.15 Å². The van der Waals surface area contributed by atoms with E-state index in [1.54, 1.807) is 6.26 Å². The first-order chi connectivity index (χ1) is 11.0. The summed E-state index contributed by atoms with van der Waals surface area (Å²) in [6.45, 7) is 7.06. The molecule has 0 aromatic carbocycles. The van der Waals surface area contributed by atoms with Crippen molar-refractivity contribution in [3.05, 3.63) is 35.8 Å². The number of carbonyl (C=O) groups is 1. The maximum atomic E-state index is 12.3. The van der Waals surface area contributed by atoms with E-state index in [-0.39, 0.29) is 22.9 Å². The van der Waals surface area contributed by atoms with Crippen LogP contribution >= 0.6 is 0 Å². The zero-order valence-electron chi connectivity index (χ0n) is 14.3. The van der Waals surface area contributed by atoms with E-state index in [2.05, 4.69) is 32.9 Å². The van der Waals surface area contributed by atoms with Crippen LogP contribution in [0.4, 0.5) is 0 Å². The normalized spacial score (nSPS) is 42.1. The van der Waals surface area contributed by atoms with Crippen molar-refractivity contribution < 1.29 is 13.9 Å². The van der Waals surface area contributed by atoms with Crippen molar-refractivity contribution in [2.75, 3.05) is 0 Å². The first kappa shape index (κ1) is 15.0. The van der Waals surface area contributed by atoms with Gasteiger partial charge in [0.15, 0.2) is 0 Å². The van der Waals surface area contributed by atoms with Crippen LogP contribution in [0, 0.1) is 22.7 Å². The van der Waals surface area contributed by atoms with Crippen LogP contribution in [0.1, 0.15) is 52.0 Å². The van der Waals surface area contributed by atoms with Gasteiger partial charge in [-0.1, -0.05) is 26.8 Å². The average Bonchev–Trinajstić information content (AvgIpc) is 3.11. The van der Waals surface area contributed by atoms with Crippen LogP contribution < -0.4 is 0 Å². The van der Waals surface area contributed by atoms with Crippen LogP contribution in [-0.2, 0) is 16.0 Å². The Morgan fingerprint density at radius 1 is 1.35 bits per heavy atom. The highest BCUT2D eigenvalue weighted by Crippen LogP contribution is 2.64. The van der Waals surface area contributed by atoms with Gasteiger partial charge in [0.1, 0.15) is 6.10 Å². The fraction of sp³-hybridized carbons (Fsp3) is 0.650. The second kappa shape index (κ2) is 4.99. The molecule has 1 aliphatic heterocycles. The van der Waals surface area contributed by atoms with Gasteiger partial charge in [-0.05, 0) is 61.0 Å². The molecule has 0 spiro atoms. The minimum absolute atomic E-state index is 0.0616. The van der Waals surface area contributed by atoms with Crippen LogP contribution in [-0.4, -0.2) is 12.1 Å². The SMILES string of the molecule is C[C@@H]1C[C@H]2OC(=O)C3=CCC[C@H]([C@@]1(C)CCc1ccoc1)[C@@]32C. The Morgan fingerprint density at radius 2 is 2.17 bits per heavy atom. The maximum Gasteiger partial charge on any atom is 0.334 e. The molecule has 3 aliphatic rings. The maximum absolute atomic E-state index is 12.3. The summed E-state index contributed by atoms with van der Waals surface area (Å²) in [5, 5.41) is 0. The smallest absolute Gasteiger partial charge is 0.334 e. The van der Waals surface area contributed by atoms with Gasteiger partial charge in [0.2, 0.25) is 0 Å². The largest absolute Gasteiger partial charge is 0.472 e. The molecule has 3 heteroatoms. The molecule has 4 rings (SSSR count). The van der Waals surface area contributed by atoms with Gasteiger partial charge in [-0.25, -0.2) is 4.79 Å². The third-order valence-corrected chi connectivity index (χ3v) is 7.27. The molecule has 0 bridgehead atoms. The van der Waals surface area contributed by atoms with Crippen molar-refractivity contribution in [1.82, 2.24) is 0 Å². The average molecular weight is 314 g/mol. The lowest BCUT2D eigenvalue weighted by molar-refractivity contribution is -0.148. The van der Waals surface area contributed by atoms with E-state index < -0.39 is 0 Å². The first-order valence-corrected chi connectivity index (χ1v) is 8.89. The lowest BCUT2D eigenvalue weighted by Crippen LogP contribution is -2.54. The van der Waals surface area contributed by atoms with E-state index in [1.807, 2.05) is 6.26 Å². The topological polar surface area (TPSA) is 39.4 Å². The summed E-state index contributed by atoms with van der Waals surface area (Å²) >= 11 is 0. The number of hydrogen-bond acceptors (Lipinski definition) is 3. The van der Waals surface area contributed by atoms with Crippen LogP contribution in [0.5, 0.6) is 0 Å². The highest BCUT2D eigenvalue weighted by molar-refractivity contribution is 5.93. The van der Waals surface area contributed by atoms with Crippen LogP contribution in [0.2, 0.25) is 0 Å². The number of furan rings is 1. The van der Waals surface area contributed by atoms with Gasteiger partial charge in [0.05, 0.1) is 12.5 Å². The molecular weight excluding hydrogens is 288 g/mol. The molecule has 2 heterocycles. The number of ether oxygens (including phenoxy) is 1. The molecule has 1 aromatic heterocycles. The number of esters is 1. The van der Waals surface area contributed by atoms with Crippen molar-refractivity contribution >= 4 is 5.97 Å². The minimum atomic E-state index is -0.0903. The third-order valence-electron chi connectivity index (χ3n) is 7.27.